The van der Waals surface area contributed by atoms with Gasteiger partial charge in [-0.2, -0.15) is 13.2 Å². The number of aromatic nitrogens is 2. The molecule has 0 bridgehead atoms. The monoisotopic (exact) mass is 463 g/mol. The molecule has 2 N–H and O–H groups in total. The molecule has 3 rings (SSSR count). The lowest BCUT2D eigenvalue weighted by Gasteiger charge is -2.44. The van der Waals surface area contributed by atoms with Crippen LogP contribution >= 0.6 is 0 Å². The molecule has 2 aliphatic rings. The highest BCUT2D eigenvalue weighted by Gasteiger charge is 2.47. The van der Waals surface area contributed by atoms with Crippen LogP contribution in [0.4, 0.5) is 23.8 Å². The molecule has 2 saturated heterocycles. The Morgan fingerprint density at radius 1 is 1.41 bits per heavy atom. The van der Waals surface area contributed by atoms with Gasteiger partial charge in [-0.15, -0.1) is 0 Å². The van der Waals surface area contributed by atoms with Gasteiger partial charge in [0, 0.05) is 51.8 Å². The Labute approximate surface area is 183 Å². The molecule has 0 saturated carbocycles. The number of carboxylic acids is 1. The highest BCUT2D eigenvalue weighted by molar-refractivity contribution is 5.73. The topological polar surface area (TPSA) is 117 Å². The standard InChI is InChI=1S/C17H27N5O3.C2HF3O2/c1-21(2)16(23)18-7-5-17-6-9-25-13(17)4-8-22(11-17)14-10-15(24-3)20-12-19-14;3-2(4,5)1(6)7/h10,12-13H,4-9,11H2,1-3H3,(H,18,23);(H,6,7)/t13-,17+;/m1./s1. The van der Waals surface area contributed by atoms with Crippen molar-refractivity contribution in [2.75, 3.05) is 52.3 Å². The molecule has 2 aliphatic heterocycles. The van der Waals surface area contributed by atoms with Crippen molar-refractivity contribution < 1.29 is 37.3 Å². The van der Waals surface area contributed by atoms with Crippen LogP contribution in [0.2, 0.25) is 0 Å². The Morgan fingerprint density at radius 3 is 2.69 bits per heavy atom. The van der Waals surface area contributed by atoms with Gasteiger partial charge in [-0.25, -0.2) is 19.6 Å². The number of hydrogen-bond acceptors (Lipinski definition) is 7. The first kappa shape index (κ1) is 25.4. The predicted molar refractivity (Wildman–Crippen MR) is 108 cm³/mol. The number of fused-ring (bicyclic) bond motifs is 1. The molecule has 10 nitrogen and oxygen atoms in total. The molecule has 0 aliphatic carbocycles. The number of anilines is 1. The minimum atomic E-state index is -5.08. The number of halogens is 3. The summed E-state index contributed by atoms with van der Waals surface area (Å²) in [6.07, 6.45) is -0.420. The largest absolute Gasteiger partial charge is 0.490 e. The van der Waals surface area contributed by atoms with Gasteiger partial charge in [0.05, 0.1) is 13.2 Å². The lowest BCUT2D eigenvalue weighted by Crippen LogP contribution is -2.51. The summed E-state index contributed by atoms with van der Waals surface area (Å²) in [6.45, 7) is 3.21. The first-order valence-corrected chi connectivity index (χ1v) is 9.96. The first-order chi connectivity index (χ1) is 15.0. The molecule has 2 amide bonds. The van der Waals surface area contributed by atoms with E-state index in [9.17, 15) is 18.0 Å². The van der Waals surface area contributed by atoms with Crippen molar-refractivity contribution in [2.45, 2.75) is 31.5 Å². The fraction of sp³-hybridized carbons (Fsp3) is 0.684. The van der Waals surface area contributed by atoms with E-state index in [1.54, 1.807) is 26.1 Å². The SMILES string of the molecule is COc1cc(N2CC[C@H]3OCC[C@@]3(CCNC(=O)N(C)C)C2)ncn1.O=C(O)C(F)(F)F. The summed E-state index contributed by atoms with van der Waals surface area (Å²) in [4.78, 5) is 33.0. The van der Waals surface area contributed by atoms with E-state index in [0.29, 0.717) is 12.4 Å². The fourth-order valence-electron chi connectivity index (χ4n) is 3.80. The predicted octanol–water partition coefficient (Wildman–Crippen LogP) is 1.77. The van der Waals surface area contributed by atoms with Crippen LogP contribution in [0.15, 0.2) is 12.4 Å². The van der Waals surface area contributed by atoms with Crippen molar-refractivity contribution in [3.63, 3.8) is 0 Å². The van der Waals surface area contributed by atoms with Crippen LogP contribution in [-0.4, -0.2) is 91.7 Å². The third-order valence-corrected chi connectivity index (χ3v) is 5.48. The maximum Gasteiger partial charge on any atom is 0.490 e. The van der Waals surface area contributed by atoms with E-state index in [1.165, 1.54) is 6.33 Å². The number of urea groups is 1. The zero-order chi connectivity index (χ0) is 23.9. The van der Waals surface area contributed by atoms with Crippen molar-refractivity contribution in [1.82, 2.24) is 20.2 Å². The molecule has 2 atom stereocenters. The highest BCUT2D eigenvalue weighted by atomic mass is 19.4. The normalized spacial score (nSPS) is 22.3. The Hall–Kier alpha value is -2.83. The number of methoxy groups -OCH3 is 1. The number of carboxylic acid groups (broad SMARTS) is 1. The molecule has 32 heavy (non-hydrogen) atoms. The minimum Gasteiger partial charge on any atom is -0.481 e. The van der Waals surface area contributed by atoms with E-state index in [1.807, 2.05) is 6.07 Å². The van der Waals surface area contributed by atoms with Gasteiger partial charge in [-0.3, -0.25) is 0 Å². The van der Waals surface area contributed by atoms with Crippen LogP contribution in [0.5, 0.6) is 5.88 Å². The quantitative estimate of drug-likeness (QED) is 0.679. The van der Waals surface area contributed by atoms with Crippen molar-refractivity contribution in [3.05, 3.63) is 12.4 Å². The van der Waals surface area contributed by atoms with Gasteiger partial charge in [0.25, 0.3) is 0 Å². The minimum absolute atomic E-state index is 0.0516. The molecule has 3 heterocycles. The van der Waals surface area contributed by atoms with Gasteiger partial charge < -0.3 is 29.7 Å². The van der Waals surface area contributed by atoms with E-state index < -0.39 is 12.1 Å². The van der Waals surface area contributed by atoms with E-state index in [4.69, 9.17) is 19.4 Å². The van der Waals surface area contributed by atoms with Gasteiger partial charge in [-0.1, -0.05) is 0 Å². The molecule has 0 aromatic carbocycles. The van der Waals surface area contributed by atoms with Crippen molar-refractivity contribution in [1.29, 1.82) is 0 Å². The maximum atomic E-state index is 11.8. The zero-order valence-corrected chi connectivity index (χ0v) is 18.2. The van der Waals surface area contributed by atoms with Crippen molar-refractivity contribution >= 4 is 17.8 Å². The van der Waals surface area contributed by atoms with Crippen LogP contribution in [0, 0.1) is 5.41 Å². The number of hydrogen-bond donors (Lipinski definition) is 2. The molecule has 0 spiro atoms. The second-order valence-electron chi connectivity index (χ2n) is 7.78. The number of carbonyl (C=O) groups is 2. The third kappa shape index (κ3) is 6.58. The number of aliphatic carboxylic acids is 1. The second-order valence-corrected chi connectivity index (χ2v) is 7.78. The van der Waals surface area contributed by atoms with E-state index in [0.717, 1.165) is 44.8 Å². The van der Waals surface area contributed by atoms with Gasteiger partial charge in [0.2, 0.25) is 5.88 Å². The Bertz CT molecular complexity index is 795. The molecule has 2 fully saturated rings. The third-order valence-electron chi connectivity index (χ3n) is 5.48. The molecular weight excluding hydrogens is 435 g/mol. The molecule has 1 aromatic heterocycles. The van der Waals surface area contributed by atoms with Crippen molar-refractivity contribution in [2.24, 2.45) is 5.41 Å². The lowest BCUT2D eigenvalue weighted by molar-refractivity contribution is -0.192. The molecule has 180 valence electrons. The molecule has 13 heteroatoms. The Kier molecular flexibility index (Phi) is 8.47. The van der Waals surface area contributed by atoms with E-state index in [-0.39, 0.29) is 17.6 Å². The molecule has 0 unspecified atom stereocenters. The number of rotatable bonds is 5. The Morgan fingerprint density at radius 2 is 2.09 bits per heavy atom. The summed E-state index contributed by atoms with van der Waals surface area (Å²) in [6, 6.07) is 1.82. The summed E-state index contributed by atoms with van der Waals surface area (Å²) in [5.74, 6) is -1.30. The summed E-state index contributed by atoms with van der Waals surface area (Å²) in [5.41, 5.74) is 0.0516. The van der Waals surface area contributed by atoms with E-state index >= 15 is 0 Å². The van der Waals surface area contributed by atoms with Gasteiger partial charge >= 0.3 is 18.2 Å². The van der Waals surface area contributed by atoms with Gasteiger partial charge in [0.1, 0.15) is 12.1 Å². The first-order valence-electron chi connectivity index (χ1n) is 9.96. The van der Waals surface area contributed by atoms with E-state index in [2.05, 4.69) is 20.2 Å². The molecule has 0 radical (unpaired) electrons. The fourth-order valence-corrected chi connectivity index (χ4v) is 3.80. The van der Waals surface area contributed by atoms with Crippen LogP contribution in [0.25, 0.3) is 0 Å². The van der Waals surface area contributed by atoms with Crippen LogP contribution < -0.4 is 15.0 Å². The van der Waals surface area contributed by atoms with Crippen LogP contribution in [-0.2, 0) is 9.53 Å². The highest BCUT2D eigenvalue weighted by Crippen LogP contribution is 2.44. The number of nitrogens with zero attached hydrogens (tertiary/aromatic N) is 4. The molecule has 1 aromatic rings. The number of piperidine rings is 1. The van der Waals surface area contributed by atoms with Crippen LogP contribution in [0.1, 0.15) is 19.3 Å². The second kappa shape index (κ2) is 10.7. The van der Waals surface area contributed by atoms with Crippen LogP contribution in [0.3, 0.4) is 0 Å². The van der Waals surface area contributed by atoms with Crippen molar-refractivity contribution in [3.8, 4) is 5.88 Å². The number of carbonyl (C=O) groups excluding carboxylic acids is 1. The zero-order valence-electron chi connectivity index (χ0n) is 18.2. The summed E-state index contributed by atoms with van der Waals surface area (Å²) < 4.78 is 42.9. The number of ether oxygens (including phenoxy) is 2. The summed E-state index contributed by atoms with van der Waals surface area (Å²) in [5, 5.41) is 10.1. The average molecular weight is 463 g/mol. The smallest absolute Gasteiger partial charge is 0.481 e. The maximum absolute atomic E-state index is 11.8. The number of alkyl halides is 3. The lowest BCUT2D eigenvalue weighted by atomic mass is 9.74. The van der Waals surface area contributed by atoms with Gasteiger partial charge in [-0.05, 0) is 19.3 Å². The average Bonchev–Trinajstić information content (AvgIpc) is 3.16. The van der Waals surface area contributed by atoms with Gasteiger partial charge in [0.15, 0.2) is 0 Å². The number of amides is 2. The molecular formula is C19H28F3N5O5. The number of nitrogens with one attached hydrogen (secondary N) is 1. The Balaban J connectivity index is 0.000000451. The summed E-state index contributed by atoms with van der Waals surface area (Å²) in [7, 11) is 5.11. The summed E-state index contributed by atoms with van der Waals surface area (Å²) >= 11 is 0.